The molecule has 4 rings (SSSR count). The van der Waals surface area contributed by atoms with Gasteiger partial charge in [-0.25, -0.2) is 0 Å². The molecule has 2 amide bonds. The van der Waals surface area contributed by atoms with E-state index in [1.54, 1.807) is 0 Å². The van der Waals surface area contributed by atoms with Gasteiger partial charge in [0.25, 0.3) is 5.91 Å². The standard InChI is InChI=1S/C19H23N3O3/c1-21(2)11-14-12-6-3-4-8-16(12)25-17(14)19(24)22-9-5-7-13-15(22)10-20-18(13)23/h3-4,6,8,13,15H,5,7,9-11H2,1-2H3,(H,20,23)/t13-,15-/m1/s1. The SMILES string of the molecule is CN(C)Cc1c(C(=O)N2CCC[C@H]3C(=O)NC[C@H]32)oc2ccccc12. The van der Waals surface area contributed by atoms with Gasteiger partial charge in [-0.15, -0.1) is 0 Å². The number of likely N-dealkylation sites (tertiary alicyclic amines) is 1. The van der Waals surface area contributed by atoms with E-state index in [1.807, 2.05) is 48.2 Å². The van der Waals surface area contributed by atoms with Crippen LogP contribution >= 0.6 is 0 Å². The lowest BCUT2D eigenvalue weighted by molar-refractivity contribution is -0.123. The topological polar surface area (TPSA) is 65.8 Å². The average molecular weight is 341 g/mol. The Balaban J connectivity index is 1.73. The summed E-state index contributed by atoms with van der Waals surface area (Å²) in [6.45, 7) is 1.85. The Morgan fingerprint density at radius 1 is 1.36 bits per heavy atom. The average Bonchev–Trinajstić information content (AvgIpc) is 3.15. The lowest BCUT2D eigenvalue weighted by Crippen LogP contribution is -2.48. The number of furan rings is 1. The zero-order valence-electron chi connectivity index (χ0n) is 14.6. The number of rotatable bonds is 3. The third-order valence-electron chi connectivity index (χ3n) is 5.23. The van der Waals surface area contributed by atoms with Crippen LogP contribution < -0.4 is 5.32 Å². The van der Waals surface area contributed by atoms with Crippen molar-refractivity contribution < 1.29 is 14.0 Å². The second kappa shape index (κ2) is 6.19. The van der Waals surface area contributed by atoms with Gasteiger partial charge in [-0.05, 0) is 33.0 Å². The molecule has 2 aliphatic heterocycles. The fourth-order valence-electron chi connectivity index (χ4n) is 4.08. The Kier molecular flexibility index (Phi) is 4.00. The van der Waals surface area contributed by atoms with Gasteiger partial charge in [-0.3, -0.25) is 9.59 Å². The molecule has 132 valence electrons. The third kappa shape index (κ3) is 2.70. The van der Waals surface area contributed by atoms with Crippen molar-refractivity contribution in [1.82, 2.24) is 15.1 Å². The molecule has 2 atom stereocenters. The molecule has 2 aliphatic rings. The van der Waals surface area contributed by atoms with E-state index in [0.29, 0.717) is 25.4 Å². The second-order valence-corrected chi connectivity index (χ2v) is 7.20. The van der Waals surface area contributed by atoms with E-state index in [-0.39, 0.29) is 23.8 Å². The van der Waals surface area contributed by atoms with Gasteiger partial charge >= 0.3 is 0 Å². The number of hydrogen-bond acceptors (Lipinski definition) is 4. The summed E-state index contributed by atoms with van der Waals surface area (Å²) < 4.78 is 5.97. The maximum atomic E-state index is 13.3. The number of benzene rings is 1. The molecule has 0 aliphatic carbocycles. The highest BCUT2D eigenvalue weighted by molar-refractivity contribution is 5.99. The monoisotopic (exact) mass is 341 g/mol. The fraction of sp³-hybridized carbons (Fsp3) is 0.474. The summed E-state index contributed by atoms with van der Waals surface area (Å²) in [4.78, 5) is 29.2. The lowest BCUT2D eigenvalue weighted by atomic mass is 9.91. The number of carbonyl (C=O) groups excluding carboxylic acids is 2. The van der Waals surface area contributed by atoms with Crippen LogP contribution in [0.3, 0.4) is 0 Å². The minimum absolute atomic E-state index is 0.0610. The first-order valence-electron chi connectivity index (χ1n) is 8.80. The van der Waals surface area contributed by atoms with Crippen LogP contribution in [0.2, 0.25) is 0 Å². The van der Waals surface area contributed by atoms with Crippen LogP contribution in [0.5, 0.6) is 0 Å². The van der Waals surface area contributed by atoms with Crippen LogP contribution in [0.1, 0.15) is 29.0 Å². The van der Waals surface area contributed by atoms with Crippen molar-refractivity contribution in [1.29, 1.82) is 0 Å². The summed E-state index contributed by atoms with van der Waals surface area (Å²) in [7, 11) is 3.96. The van der Waals surface area contributed by atoms with Crippen LogP contribution in [0.25, 0.3) is 11.0 Å². The molecule has 3 heterocycles. The number of nitrogens with one attached hydrogen (secondary N) is 1. The molecular formula is C19H23N3O3. The molecule has 0 unspecified atom stereocenters. The number of hydrogen-bond donors (Lipinski definition) is 1. The molecule has 0 saturated carbocycles. The largest absolute Gasteiger partial charge is 0.451 e. The Hall–Kier alpha value is -2.34. The van der Waals surface area contributed by atoms with E-state index in [9.17, 15) is 9.59 Å². The van der Waals surface area contributed by atoms with Crippen LogP contribution in [-0.4, -0.2) is 54.8 Å². The quantitative estimate of drug-likeness (QED) is 0.925. The van der Waals surface area contributed by atoms with E-state index in [2.05, 4.69) is 5.32 Å². The van der Waals surface area contributed by atoms with Crippen molar-refractivity contribution in [3.8, 4) is 0 Å². The normalized spacial score (nSPS) is 23.2. The Morgan fingerprint density at radius 3 is 2.96 bits per heavy atom. The third-order valence-corrected chi connectivity index (χ3v) is 5.23. The molecule has 1 aromatic heterocycles. The highest BCUT2D eigenvalue weighted by Crippen LogP contribution is 2.32. The van der Waals surface area contributed by atoms with Crippen LogP contribution in [0.4, 0.5) is 0 Å². The molecule has 0 bridgehead atoms. The predicted octanol–water partition coefficient (Wildman–Crippen LogP) is 1.85. The molecule has 0 spiro atoms. The molecular weight excluding hydrogens is 318 g/mol. The van der Waals surface area contributed by atoms with Crippen molar-refractivity contribution in [2.75, 3.05) is 27.2 Å². The highest BCUT2D eigenvalue weighted by atomic mass is 16.3. The predicted molar refractivity (Wildman–Crippen MR) is 94.2 cm³/mol. The number of piperidine rings is 1. The molecule has 25 heavy (non-hydrogen) atoms. The molecule has 6 nitrogen and oxygen atoms in total. The van der Waals surface area contributed by atoms with E-state index >= 15 is 0 Å². The van der Waals surface area contributed by atoms with E-state index in [4.69, 9.17) is 4.42 Å². The Bertz CT molecular complexity index is 826. The van der Waals surface area contributed by atoms with Gasteiger partial charge in [-0.2, -0.15) is 0 Å². The summed E-state index contributed by atoms with van der Waals surface area (Å²) in [5, 5.41) is 3.88. The first-order valence-corrected chi connectivity index (χ1v) is 8.80. The summed E-state index contributed by atoms with van der Waals surface area (Å²) in [5.41, 5.74) is 1.65. The maximum absolute atomic E-state index is 13.3. The van der Waals surface area contributed by atoms with Gasteiger partial charge in [0, 0.05) is 30.6 Å². The van der Waals surface area contributed by atoms with Gasteiger partial charge in [0.05, 0.1) is 12.0 Å². The van der Waals surface area contributed by atoms with Crippen LogP contribution in [0, 0.1) is 5.92 Å². The number of carbonyl (C=O) groups is 2. The summed E-state index contributed by atoms with van der Waals surface area (Å²) in [6.07, 6.45) is 1.70. The first-order chi connectivity index (χ1) is 12.1. The van der Waals surface area contributed by atoms with Gasteiger partial charge in [-0.1, -0.05) is 18.2 Å². The second-order valence-electron chi connectivity index (χ2n) is 7.20. The molecule has 2 fully saturated rings. The van der Waals surface area contributed by atoms with Crippen molar-refractivity contribution >= 4 is 22.8 Å². The summed E-state index contributed by atoms with van der Waals surface area (Å²) in [5.74, 6) is 0.300. The summed E-state index contributed by atoms with van der Waals surface area (Å²) >= 11 is 0. The van der Waals surface area contributed by atoms with Gasteiger partial charge < -0.3 is 19.5 Å². The minimum atomic E-state index is -0.0979. The van der Waals surface area contributed by atoms with E-state index in [1.165, 1.54) is 0 Å². The number of nitrogens with zero attached hydrogens (tertiary/aromatic N) is 2. The number of fused-ring (bicyclic) bond motifs is 2. The molecule has 1 aromatic carbocycles. The minimum Gasteiger partial charge on any atom is -0.451 e. The number of para-hydroxylation sites is 1. The lowest BCUT2D eigenvalue weighted by Gasteiger charge is -2.35. The Morgan fingerprint density at radius 2 is 2.16 bits per heavy atom. The summed E-state index contributed by atoms with van der Waals surface area (Å²) in [6, 6.07) is 7.70. The van der Waals surface area contributed by atoms with Crippen molar-refractivity contribution in [2.24, 2.45) is 5.92 Å². The first kappa shape index (κ1) is 16.1. The zero-order chi connectivity index (χ0) is 17.6. The Labute approximate surface area is 146 Å². The van der Waals surface area contributed by atoms with Crippen LogP contribution in [0.15, 0.2) is 28.7 Å². The molecule has 1 N–H and O–H groups in total. The smallest absolute Gasteiger partial charge is 0.290 e. The van der Waals surface area contributed by atoms with Gasteiger partial charge in [0.15, 0.2) is 5.76 Å². The van der Waals surface area contributed by atoms with E-state index < -0.39 is 0 Å². The van der Waals surface area contributed by atoms with Gasteiger partial charge in [0.1, 0.15) is 5.58 Å². The molecule has 2 aromatic rings. The van der Waals surface area contributed by atoms with Crippen molar-refractivity contribution in [2.45, 2.75) is 25.4 Å². The maximum Gasteiger partial charge on any atom is 0.290 e. The van der Waals surface area contributed by atoms with Crippen LogP contribution in [-0.2, 0) is 11.3 Å². The molecule has 0 radical (unpaired) electrons. The van der Waals surface area contributed by atoms with Crippen molar-refractivity contribution in [3.05, 3.63) is 35.6 Å². The van der Waals surface area contributed by atoms with Crippen molar-refractivity contribution in [3.63, 3.8) is 0 Å². The molecule has 2 saturated heterocycles. The zero-order valence-corrected chi connectivity index (χ0v) is 14.6. The number of amides is 2. The highest BCUT2D eigenvalue weighted by Gasteiger charge is 2.43. The van der Waals surface area contributed by atoms with Gasteiger partial charge in [0.2, 0.25) is 5.91 Å². The fourth-order valence-corrected chi connectivity index (χ4v) is 4.08. The molecule has 6 heteroatoms. The van der Waals surface area contributed by atoms with E-state index in [0.717, 1.165) is 29.4 Å².